The van der Waals surface area contributed by atoms with Crippen LogP contribution in [0.3, 0.4) is 0 Å². The predicted octanol–water partition coefficient (Wildman–Crippen LogP) is 0.474. The van der Waals surface area contributed by atoms with Gasteiger partial charge in [-0.25, -0.2) is 0 Å². The van der Waals surface area contributed by atoms with Crippen molar-refractivity contribution >= 4 is 0 Å². The standard InChI is InChI=1S/C9H22N2O/c1-8(5-6-10)11-7-3-4-9(2)12/h8-9,11-12H,3-7,10H2,1-2H3. The summed E-state index contributed by atoms with van der Waals surface area (Å²) in [6.07, 6.45) is 2.76. The number of nitrogens with one attached hydrogen (secondary N) is 1. The minimum atomic E-state index is -0.170. The van der Waals surface area contributed by atoms with Crippen LogP contribution < -0.4 is 11.1 Å². The van der Waals surface area contributed by atoms with Crippen LogP contribution in [-0.4, -0.2) is 30.3 Å². The van der Waals surface area contributed by atoms with E-state index in [0.29, 0.717) is 6.04 Å². The molecule has 0 bridgehead atoms. The van der Waals surface area contributed by atoms with Crippen LogP contribution in [0.15, 0.2) is 0 Å². The zero-order valence-electron chi connectivity index (χ0n) is 8.21. The average Bonchev–Trinajstić information content (AvgIpc) is 1.98. The monoisotopic (exact) mass is 174 g/mol. The quantitative estimate of drug-likeness (QED) is 0.492. The molecule has 0 fully saturated rings. The predicted molar refractivity (Wildman–Crippen MR) is 52.1 cm³/mol. The Morgan fingerprint density at radius 1 is 1.33 bits per heavy atom. The molecule has 0 aromatic rings. The molecule has 0 spiro atoms. The van der Waals surface area contributed by atoms with E-state index in [2.05, 4.69) is 12.2 Å². The number of aliphatic hydroxyl groups excluding tert-OH is 1. The van der Waals surface area contributed by atoms with E-state index in [1.54, 1.807) is 0 Å². The van der Waals surface area contributed by atoms with Gasteiger partial charge in [-0.1, -0.05) is 0 Å². The molecule has 0 saturated carbocycles. The van der Waals surface area contributed by atoms with Crippen molar-refractivity contribution in [2.45, 2.75) is 45.3 Å². The smallest absolute Gasteiger partial charge is 0.0512 e. The van der Waals surface area contributed by atoms with Gasteiger partial charge >= 0.3 is 0 Å². The Hall–Kier alpha value is -0.120. The third kappa shape index (κ3) is 7.98. The molecule has 0 radical (unpaired) electrons. The Labute approximate surface area is 75.3 Å². The van der Waals surface area contributed by atoms with Gasteiger partial charge in [-0.15, -0.1) is 0 Å². The highest BCUT2D eigenvalue weighted by atomic mass is 16.3. The van der Waals surface area contributed by atoms with Crippen LogP contribution >= 0.6 is 0 Å². The Morgan fingerprint density at radius 3 is 2.50 bits per heavy atom. The lowest BCUT2D eigenvalue weighted by atomic mass is 10.2. The zero-order chi connectivity index (χ0) is 9.40. The van der Waals surface area contributed by atoms with Gasteiger partial charge in [0.25, 0.3) is 0 Å². The number of aliphatic hydroxyl groups is 1. The van der Waals surface area contributed by atoms with E-state index in [1.807, 2.05) is 6.92 Å². The molecule has 2 atom stereocenters. The maximum absolute atomic E-state index is 8.97. The van der Waals surface area contributed by atoms with E-state index in [0.717, 1.165) is 32.4 Å². The van der Waals surface area contributed by atoms with Gasteiger partial charge < -0.3 is 16.2 Å². The second kappa shape index (κ2) is 7.53. The number of rotatable bonds is 7. The maximum Gasteiger partial charge on any atom is 0.0512 e. The zero-order valence-corrected chi connectivity index (χ0v) is 8.21. The van der Waals surface area contributed by atoms with Gasteiger partial charge in [-0.05, 0) is 46.2 Å². The molecule has 4 N–H and O–H groups in total. The highest BCUT2D eigenvalue weighted by molar-refractivity contribution is 4.61. The molecule has 0 rings (SSSR count). The van der Waals surface area contributed by atoms with Gasteiger partial charge in [0.1, 0.15) is 0 Å². The van der Waals surface area contributed by atoms with Crippen molar-refractivity contribution in [2.24, 2.45) is 5.73 Å². The molecular weight excluding hydrogens is 152 g/mol. The summed E-state index contributed by atoms with van der Waals surface area (Å²) in [4.78, 5) is 0. The minimum absolute atomic E-state index is 0.170. The van der Waals surface area contributed by atoms with Gasteiger partial charge in [0, 0.05) is 6.04 Å². The van der Waals surface area contributed by atoms with Crippen LogP contribution in [0.2, 0.25) is 0 Å². The Bertz CT molecular complexity index is 96.5. The summed E-state index contributed by atoms with van der Waals surface area (Å²) < 4.78 is 0. The van der Waals surface area contributed by atoms with Crippen LogP contribution in [0, 0.1) is 0 Å². The molecular formula is C9H22N2O. The summed E-state index contributed by atoms with van der Waals surface area (Å²) >= 11 is 0. The number of nitrogens with two attached hydrogens (primary N) is 1. The first-order valence-corrected chi connectivity index (χ1v) is 4.78. The van der Waals surface area contributed by atoms with E-state index in [-0.39, 0.29) is 6.10 Å². The molecule has 0 amide bonds. The number of hydrogen-bond acceptors (Lipinski definition) is 3. The van der Waals surface area contributed by atoms with E-state index in [1.165, 1.54) is 0 Å². The molecule has 0 aromatic carbocycles. The lowest BCUT2D eigenvalue weighted by molar-refractivity contribution is 0.181. The molecule has 74 valence electrons. The minimum Gasteiger partial charge on any atom is -0.393 e. The first-order valence-electron chi connectivity index (χ1n) is 4.78. The third-order valence-electron chi connectivity index (χ3n) is 1.89. The molecule has 0 aliphatic heterocycles. The first-order chi connectivity index (χ1) is 5.66. The van der Waals surface area contributed by atoms with Gasteiger partial charge in [-0.3, -0.25) is 0 Å². The molecule has 0 aliphatic rings. The lowest BCUT2D eigenvalue weighted by Gasteiger charge is -2.12. The summed E-state index contributed by atoms with van der Waals surface area (Å²) in [5.74, 6) is 0. The van der Waals surface area contributed by atoms with Crippen LogP contribution in [0.5, 0.6) is 0 Å². The molecule has 0 saturated heterocycles. The van der Waals surface area contributed by atoms with Crippen molar-refractivity contribution in [1.82, 2.24) is 5.32 Å². The molecule has 0 aliphatic carbocycles. The van der Waals surface area contributed by atoms with Crippen molar-refractivity contribution in [1.29, 1.82) is 0 Å². The highest BCUT2D eigenvalue weighted by Gasteiger charge is 1.99. The van der Waals surface area contributed by atoms with Crippen LogP contribution in [0.4, 0.5) is 0 Å². The summed E-state index contributed by atoms with van der Waals surface area (Å²) in [5, 5.41) is 12.3. The van der Waals surface area contributed by atoms with Crippen molar-refractivity contribution in [3.63, 3.8) is 0 Å². The lowest BCUT2D eigenvalue weighted by Crippen LogP contribution is -2.29. The normalized spacial score (nSPS) is 16.0. The second-order valence-corrected chi connectivity index (χ2v) is 3.42. The maximum atomic E-state index is 8.97. The number of hydrogen-bond donors (Lipinski definition) is 3. The summed E-state index contributed by atoms with van der Waals surface area (Å²) in [6, 6.07) is 0.504. The Morgan fingerprint density at radius 2 is 2.00 bits per heavy atom. The third-order valence-corrected chi connectivity index (χ3v) is 1.89. The van der Waals surface area contributed by atoms with Crippen LogP contribution in [0.25, 0.3) is 0 Å². The first kappa shape index (κ1) is 11.9. The SMILES string of the molecule is CC(O)CCCNC(C)CCN. The average molecular weight is 174 g/mol. The highest BCUT2D eigenvalue weighted by Crippen LogP contribution is 1.95. The molecule has 2 unspecified atom stereocenters. The van der Waals surface area contributed by atoms with E-state index in [4.69, 9.17) is 10.8 Å². The van der Waals surface area contributed by atoms with Gasteiger partial charge in [0.2, 0.25) is 0 Å². The summed E-state index contributed by atoms with van der Waals surface area (Å²) in [6.45, 7) is 5.68. The molecule has 3 nitrogen and oxygen atoms in total. The second-order valence-electron chi connectivity index (χ2n) is 3.42. The largest absolute Gasteiger partial charge is 0.393 e. The Kier molecular flexibility index (Phi) is 7.45. The molecule has 0 heterocycles. The van der Waals surface area contributed by atoms with Crippen molar-refractivity contribution < 1.29 is 5.11 Å². The molecule has 12 heavy (non-hydrogen) atoms. The summed E-state index contributed by atoms with van der Waals surface area (Å²) in [7, 11) is 0. The summed E-state index contributed by atoms with van der Waals surface area (Å²) in [5.41, 5.74) is 5.40. The molecule has 3 heteroatoms. The van der Waals surface area contributed by atoms with Gasteiger partial charge in [-0.2, -0.15) is 0 Å². The fraction of sp³-hybridized carbons (Fsp3) is 1.00. The van der Waals surface area contributed by atoms with Gasteiger partial charge in [0.15, 0.2) is 0 Å². The van der Waals surface area contributed by atoms with Crippen LogP contribution in [0.1, 0.15) is 33.1 Å². The van der Waals surface area contributed by atoms with Crippen LogP contribution in [-0.2, 0) is 0 Å². The van der Waals surface area contributed by atoms with E-state index < -0.39 is 0 Å². The van der Waals surface area contributed by atoms with Crippen molar-refractivity contribution in [3.05, 3.63) is 0 Å². The fourth-order valence-corrected chi connectivity index (χ4v) is 1.10. The Balaban J connectivity index is 3.08. The van der Waals surface area contributed by atoms with Gasteiger partial charge in [0.05, 0.1) is 6.10 Å². The van der Waals surface area contributed by atoms with Crippen molar-refractivity contribution in [2.75, 3.05) is 13.1 Å². The fourth-order valence-electron chi connectivity index (χ4n) is 1.10. The van der Waals surface area contributed by atoms with E-state index >= 15 is 0 Å². The van der Waals surface area contributed by atoms with E-state index in [9.17, 15) is 0 Å². The van der Waals surface area contributed by atoms with Crippen molar-refractivity contribution in [3.8, 4) is 0 Å². The topological polar surface area (TPSA) is 58.3 Å². The molecule has 0 aromatic heterocycles.